The largest absolute Gasteiger partial charge is 0.339 e. The summed E-state index contributed by atoms with van der Waals surface area (Å²) in [6.45, 7) is 1.93. The second-order valence-corrected chi connectivity index (χ2v) is 8.65. The zero-order valence-corrected chi connectivity index (χ0v) is 17.1. The van der Waals surface area contributed by atoms with Gasteiger partial charge < -0.3 is 4.52 Å². The van der Waals surface area contributed by atoms with E-state index in [1.54, 1.807) is 42.7 Å². The van der Waals surface area contributed by atoms with E-state index in [2.05, 4.69) is 19.8 Å². The van der Waals surface area contributed by atoms with Gasteiger partial charge in [0.15, 0.2) is 0 Å². The van der Waals surface area contributed by atoms with Gasteiger partial charge in [-0.15, -0.1) is 0 Å². The van der Waals surface area contributed by atoms with Gasteiger partial charge in [0, 0.05) is 18.0 Å². The molecule has 4 rings (SSSR count). The lowest BCUT2D eigenvalue weighted by atomic mass is 10.1. The van der Waals surface area contributed by atoms with Gasteiger partial charge in [-0.2, -0.15) is 4.98 Å². The SMILES string of the molecule is Cc1cccc(CS(=O)(=O)Nc2ccccc2Cc2nc(-c3ccncc3)no2)c1. The first kappa shape index (κ1) is 19.8. The molecule has 0 aliphatic heterocycles. The molecule has 30 heavy (non-hydrogen) atoms. The van der Waals surface area contributed by atoms with E-state index in [1.165, 1.54) is 0 Å². The van der Waals surface area contributed by atoms with Crippen molar-refractivity contribution in [2.45, 2.75) is 19.1 Å². The molecule has 4 aromatic rings. The highest BCUT2D eigenvalue weighted by Crippen LogP contribution is 2.22. The summed E-state index contributed by atoms with van der Waals surface area (Å²) in [5, 5.41) is 4.00. The lowest BCUT2D eigenvalue weighted by Crippen LogP contribution is -2.16. The second kappa shape index (κ2) is 8.46. The van der Waals surface area contributed by atoms with Crippen molar-refractivity contribution in [3.8, 4) is 11.4 Å². The molecule has 0 radical (unpaired) electrons. The van der Waals surface area contributed by atoms with E-state index in [4.69, 9.17) is 4.52 Å². The maximum atomic E-state index is 12.7. The summed E-state index contributed by atoms with van der Waals surface area (Å²) in [5.41, 5.74) is 3.79. The Hall–Kier alpha value is -3.52. The first-order valence-corrected chi connectivity index (χ1v) is 11.0. The van der Waals surface area contributed by atoms with E-state index in [1.807, 2.05) is 37.3 Å². The van der Waals surface area contributed by atoms with E-state index >= 15 is 0 Å². The third kappa shape index (κ3) is 4.90. The first-order chi connectivity index (χ1) is 14.5. The van der Waals surface area contributed by atoms with Crippen molar-refractivity contribution in [2.75, 3.05) is 4.72 Å². The third-order valence-electron chi connectivity index (χ3n) is 4.47. The smallest absolute Gasteiger partial charge is 0.236 e. The fourth-order valence-electron chi connectivity index (χ4n) is 3.11. The van der Waals surface area contributed by atoms with Gasteiger partial charge in [0.1, 0.15) is 0 Å². The number of hydrogen-bond donors (Lipinski definition) is 1. The predicted octanol–water partition coefficient (Wildman–Crippen LogP) is 3.97. The molecule has 152 valence electrons. The molecule has 0 atom stereocenters. The van der Waals surface area contributed by atoms with Crippen molar-refractivity contribution in [1.82, 2.24) is 15.1 Å². The highest BCUT2D eigenvalue weighted by atomic mass is 32.2. The van der Waals surface area contributed by atoms with Crippen LogP contribution in [0.3, 0.4) is 0 Å². The van der Waals surface area contributed by atoms with Gasteiger partial charge in [-0.1, -0.05) is 53.2 Å². The summed E-state index contributed by atoms with van der Waals surface area (Å²) >= 11 is 0. The number of anilines is 1. The molecule has 0 amide bonds. The van der Waals surface area contributed by atoms with E-state index < -0.39 is 10.0 Å². The van der Waals surface area contributed by atoms with E-state index in [-0.39, 0.29) is 5.75 Å². The number of aryl methyl sites for hydroxylation is 1. The molecule has 0 spiro atoms. The standard InChI is InChI=1S/C22H20N4O3S/c1-16-5-4-6-17(13-16)15-30(27,28)26-20-8-3-2-7-19(20)14-21-24-22(25-29-21)18-9-11-23-12-10-18/h2-13,26H,14-15H2,1H3. The number of nitrogens with zero attached hydrogens (tertiary/aromatic N) is 3. The molecule has 7 nitrogen and oxygen atoms in total. The van der Waals surface area contributed by atoms with Crippen LogP contribution in [0, 0.1) is 6.92 Å². The van der Waals surface area contributed by atoms with Crippen molar-refractivity contribution >= 4 is 15.7 Å². The molecule has 0 bridgehead atoms. The molecule has 8 heteroatoms. The fraction of sp³-hybridized carbons (Fsp3) is 0.136. The summed E-state index contributed by atoms with van der Waals surface area (Å²) in [5.74, 6) is 0.757. The van der Waals surface area contributed by atoms with E-state index in [0.717, 1.165) is 22.3 Å². The molecule has 0 aliphatic carbocycles. The van der Waals surface area contributed by atoms with Crippen LogP contribution in [-0.2, 0) is 22.2 Å². The summed E-state index contributed by atoms with van der Waals surface area (Å²) in [6.07, 6.45) is 3.62. The van der Waals surface area contributed by atoms with Crippen LogP contribution in [0.4, 0.5) is 5.69 Å². The Morgan fingerprint density at radius 1 is 1.00 bits per heavy atom. The fourth-order valence-corrected chi connectivity index (χ4v) is 4.33. The van der Waals surface area contributed by atoms with Crippen LogP contribution in [0.2, 0.25) is 0 Å². The number of rotatable bonds is 7. The van der Waals surface area contributed by atoms with Crippen LogP contribution in [0.15, 0.2) is 77.6 Å². The molecule has 0 saturated heterocycles. The summed E-state index contributed by atoms with van der Waals surface area (Å²) in [4.78, 5) is 8.38. The number of aromatic nitrogens is 3. The first-order valence-electron chi connectivity index (χ1n) is 9.35. The summed E-state index contributed by atoms with van der Waals surface area (Å²) in [7, 11) is -3.58. The van der Waals surface area contributed by atoms with Gasteiger partial charge >= 0.3 is 0 Å². The maximum Gasteiger partial charge on any atom is 0.236 e. The molecular weight excluding hydrogens is 400 g/mol. The van der Waals surface area contributed by atoms with E-state index in [9.17, 15) is 8.42 Å². The van der Waals surface area contributed by atoms with Crippen LogP contribution < -0.4 is 4.72 Å². The Morgan fingerprint density at radius 3 is 2.60 bits per heavy atom. The highest BCUT2D eigenvalue weighted by molar-refractivity contribution is 7.91. The molecule has 1 N–H and O–H groups in total. The predicted molar refractivity (Wildman–Crippen MR) is 114 cm³/mol. The third-order valence-corrected chi connectivity index (χ3v) is 5.71. The van der Waals surface area contributed by atoms with Crippen molar-refractivity contribution in [2.24, 2.45) is 0 Å². The number of pyridine rings is 1. The highest BCUT2D eigenvalue weighted by Gasteiger charge is 2.16. The van der Waals surface area contributed by atoms with E-state index in [0.29, 0.717) is 23.8 Å². The lowest BCUT2D eigenvalue weighted by molar-refractivity contribution is 0.386. The lowest BCUT2D eigenvalue weighted by Gasteiger charge is -2.12. The van der Waals surface area contributed by atoms with Crippen LogP contribution in [0.5, 0.6) is 0 Å². The Morgan fingerprint density at radius 2 is 1.80 bits per heavy atom. The van der Waals surface area contributed by atoms with Gasteiger partial charge in [-0.3, -0.25) is 9.71 Å². The zero-order valence-electron chi connectivity index (χ0n) is 16.3. The quantitative estimate of drug-likeness (QED) is 0.486. The van der Waals surface area contributed by atoms with Gasteiger partial charge in [-0.25, -0.2) is 8.42 Å². The monoisotopic (exact) mass is 420 g/mol. The molecule has 2 heterocycles. The van der Waals surface area contributed by atoms with Gasteiger partial charge in [0.2, 0.25) is 21.7 Å². The molecule has 0 saturated carbocycles. The zero-order chi connectivity index (χ0) is 21.0. The molecule has 2 aromatic carbocycles. The Labute approximate surface area is 174 Å². The number of hydrogen-bond acceptors (Lipinski definition) is 6. The van der Waals surface area contributed by atoms with Crippen molar-refractivity contribution in [3.63, 3.8) is 0 Å². The Kier molecular flexibility index (Phi) is 5.58. The summed E-state index contributed by atoms with van der Waals surface area (Å²) in [6, 6.07) is 18.2. The minimum atomic E-state index is -3.58. The summed E-state index contributed by atoms with van der Waals surface area (Å²) < 4.78 is 33.5. The molecule has 0 aliphatic rings. The Balaban J connectivity index is 1.52. The average Bonchev–Trinajstić information content (AvgIpc) is 3.18. The van der Waals surface area contributed by atoms with Crippen molar-refractivity contribution in [1.29, 1.82) is 0 Å². The molecule has 2 aromatic heterocycles. The number of para-hydroxylation sites is 1. The van der Waals surface area contributed by atoms with Crippen LogP contribution in [0.25, 0.3) is 11.4 Å². The molecule has 0 fully saturated rings. The van der Waals surface area contributed by atoms with Crippen molar-refractivity contribution < 1.29 is 12.9 Å². The van der Waals surface area contributed by atoms with Gasteiger partial charge in [0.25, 0.3) is 0 Å². The Bertz CT molecular complexity index is 1250. The van der Waals surface area contributed by atoms with Gasteiger partial charge in [-0.05, 0) is 36.2 Å². The topological polar surface area (TPSA) is 98.0 Å². The van der Waals surface area contributed by atoms with Gasteiger partial charge in [0.05, 0.1) is 17.9 Å². The molecular formula is C22H20N4O3S. The molecule has 0 unspecified atom stereocenters. The maximum absolute atomic E-state index is 12.7. The van der Waals surface area contributed by atoms with Crippen LogP contribution in [-0.4, -0.2) is 23.5 Å². The normalized spacial score (nSPS) is 11.4. The second-order valence-electron chi connectivity index (χ2n) is 6.93. The van der Waals surface area contributed by atoms with Crippen molar-refractivity contribution in [3.05, 3.63) is 95.6 Å². The minimum absolute atomic E-state index is 0.101. The average molecular weight is 420 g/mol. The number of sulfonamides is 1. The van der Waals surface area contributed by atoms with Crippen LogP contribution in [0.1, 0.15) is 22.6 Å². The van der Waals surface area contributed by atoms with Crippen LogP contribution >= 0.6 is 0 Å². The number of benzene rings is 2. The number of nitrogens with one attached hydrogen (secondary N) is 1. The minimum Gasteiger partial charge on any atom is -0.339 e.